The van der Waals surface area contributed by atoms with E-state index in [-0.39, 0.29) is 11.6 Å². The van der Waals surface area contributed by atoms with Gasteiger partial charge in [0.2, 0.25) is 0 Å². The molecular formula is C28H44N6O. The van der Waals surface area contributed by atoms with Gasteiger partial charge in [0.05, 0.1) is 24.4 Å². The summed E-state index contributed by atoms with van der Waals surface area (Å²) < 4.78 is 1.99. The van der Waals surface area contributed by atoms with E-state index >= 15 is 0 Å². The summed E-state index contributed by atoms with van der Waals surface area (Å²) >= 11 is 0. The molecule has 0 unspecified atom stereocenters. The highest BCUT2D eigenvalue weighted by molar-refractivity contribution is 5.98. The van der Waals surface area contributed by atoms with Crippen LogP contribution in [0.4, 0.5) is 5.69 Å². The summed E-state index contributed by atoms with van der Waals surface area (Å²) in [5.74, 6) is 0.988. The molecule has 7 nitrogen and oxygen atoms in total. The molecule has 0 saturated carbocycles. The second-order valence-electron chi connectivity index (χ2n) is 10.5. The minimum Gasteiger partial charge on any atom is -0.372 e. The highest BCUT2D eigenvalue weighted by Crippen LogP contribution is 2.38. The van der Waals surface area contributed by atoms with Gasteiger partial charge in [-0.15, -0.1) is 0 Å². The quantitative estimate of drug-likeness (QED) is 0.309. The van der Waals surface area contributed by atoms with Crippen molar-refractivity contribution in [3.63, 3.8) is 0 Å². The summed E-state index contributed by atoms with van der Waals surface area (Å²) in [6, 6.07) is 7.42. The summed E-state index contributed by atoms with van der Waals surface area (Å²) in [6.45, 7) is 17.0. The Labute approximate surface area is 211 Å². The van der Waals surface area contributed by atoms with Crippen LogP contribution in [-0.2, 0) is 11.4 Å². The van der Waals surface area contributed by atoms with Crippen LogP contribution >= 0.6 is 0 Å². The van der Waals surface area contributed by atoms with Crippen LogP contribution in [-0.4, -0.2) is 59.5 Å². The second-order valence-corrected chi connectivity index (χ2v) is 10.5. The van der Waals surface area contributed by atoms with Crippen molar-refractivity contribution in [2.45, 2.75) is 79.1 Å². The molecule has 192 valence electrons. The molecule has 0 spiro atoms. The number of aromatic nitrogens is 2. The summed E-state index contributed by atoms with van der Waals surface area (Å²) in [5, 5.41) is 10.3. The first-order chi connectivity index (χ1) is 16.5. The Bertz CT molecular complexity index is 1050. The predicted octanol–water partition coefficient (Wildman–Crippen LogP) is 5.46. The van der Waals surface area contributed by atoms with Gasteiger partial charge in [-0.05, 0) is 83.7 Å². The summed E-state index contributed by atoms with van der Waals surface area (Å²) in [4.78, 5) is 13.0. The molecule has 2 aromatic rings. The minimum atomic E-state index is -0.199. The van der Waals surface area contributed by atoms with Crippen LogP contribution in [0, 0.1) is 0 Å². The average molecular weight is 481 g/mol. The highest BCUT2D eigenvalue weighted by Gasteiger charge is 2.29. The maximum Gasteiger partial charge on any atom is 0.123 e. The smallest absolute Gasteiger partial charge is 0.123 e. The number of aliphatic imine (C=N–C) groups is 1. The Kier molecular flexibility index (Phi) is 8.78. The van der Waals surface area contributed by atoms with Gasteiger partial charge in [-0.2, -0.15) is 10.2 Å². The number of benzene rings is 1. The van der Waals surface area contributed by atoms with Crippen molar-refractivity contribution in [1.82, 2.24) is 20.2 Å². The number of nitrogens with zero attached hydrogens (tertiary/aromatic N) is 5. The van der Waals surface area contributed by atoms with Gasteiger partial charge in [-0.25, -0.2) is 0 Å². The number of amidine groups is 1. The van der Waals surface area contributed by atoms with Crippen LogP contribution in [0.3, 0.4) is 0 Å². The van der Waals surface area contributed by atoms with E-state index in [0.717, 1.165) is 37.5 Å². The summed E-state index contributed by atoms with van der Waals surface area (Å²) in [5.41, 5.74) is 5.86. The first kappa shape index (κ1) is 27.0. The van der Waals surface area contributed by atoms with Gasteiger partial charge in [0.1, 0.15) is 5.84 Å². The predicted molar refractivity (Wildman–Crippen MR) is 147 cm³/mol. The molecule has 0 fully saturated rings. The van der Waals surface area contributed by atoms with Crippen LogP contribution in [0.2, 0.25) is 0 Å². The maximum atomic E-state index is 5.88. The molecule has 0 saturated heterocycles. The summed E-state index contributed by atoms with van der Waals surface area (Å²) in [6.07, 6.45) is 7.22. The molecule has 1 N–H and O–H groups in total. The minimum absolute atomic E-state index is 0.199. The van der Waals surface area contributed by atoms with E-state index in [2.05, 4.69) is 101 Å². The first-order valence-electron chi connectivity index (χ1n) is 12.8. The van der Waals surface area contributed by atoms with Gasteiger partial charge < -0.3 is 10.2 Å². The molecule has 7 heteroatoms. The lowest BCUT2D eigenvalue weighted by atomic mass is 9.89. The lowest BCUT2D eigenvalue weighted by Crippen LogP contribution is -2.41. The van der Waals surface area contributed by atoms with Crippen molar-refractivity contribution in [3.05, 3.63) is 47.8 Å². The summed E-state index contributed by atoms with van der Waals surface area (Å²) in [7, 11) is 4.15. The van der Waals surface area contributed by atoms with Crippen LogP contribution in [0.1, 0.15) is 66.5 Å². The number of fused-ring (bicyclic) bond motifs is 1. The molecule has 0 amide bonds. The normalized spacial score (nSPS) is 19.3. The van der Waals surface area contributed by atoms with Crippen LogP contribution in [0.5, 0.6) is 0 Å². The number of allylic oxidation sites excluding steroid dienone is 1. The average Bonchev–Trinajstić information content (AvgIpc) is 3.28. The lowest BCUT2D eigenvalue weighted by molar-refractivity contribution is -0.214. The molecule has 1 aliphatic heterocycles. The Morgan fingerprint density at radius 1 is 1.31 bits per heavy atom. The number of rotatable bonds is 8. The third-order valence-electron chi connectivity index (χ3n) is 6.49. The zero-order valence-electron chi connectivity index (χ0n) is 23.1. The molecule has 0 aliphatic carbocycles. The van der Waals surface area contributed by atoms with Crippen LogP contribution < -0.4 is 10.2 Å². The zero-order chi connectivity index (χ0) is 25.8. The second kappa shape index (κ2) is 11.4. The van der Waals surface area contributed by atoms with Crippen molar-refractivity contribution in [2.75, 3.05) is 32.1 Å². The van der Waals surface area contributed by atoms with Gasteiger partial charge in [-0.3, -0.25) is 14.5 Å². The topological polar surface area (TPSA) is 57.9 Å². The van der Waals surface area contributed by atoms with Gasteiger partial charge >= 0.3 is 0 Å². The fraction of sp³-hybridized carbons (Fsp3) is 0.571. The number of hydrogen-bond acceptors (Lipinski definition) is 5. The van der Waals surface area contributed by atoms with Gasteiger partial charge in [0.15, 0.2) is 0 Å². The van der Waals surface area contributed by atoms with E-state index in [1.54, 1.807) is 0 Å². The number of nitrogens with one attached hydrogen (secondary N) is 1. The molecule has 35 heavy (non-hydrogen) atoms. The molecule has 1 aromatic carbocycles. The number of hydroxylamine groups is 2. The molecule has 1 aliphatic rings. The lowest BCUT2D eigenvalue weighted by Gasteiger charge is -2.39. The maximum absolute atomic E-state index is 5.88. The van der Waals surface area contributed by atoms with E-state index in [1.807, 2.05) is 23.0 Å². The van der Waals surface area contributed by atoms with E-state index in [4.69, 9.17) is 9.83 Å². The Balaban J connectivity index is 1.83. The van der Waals surface area contributed by atoms with Gasteiger partial charge in [-0.1, -0.05) is 12.1 Å². The third-order valence-corrected chi connectivity index (χ3v) is 6.49. The van der Waals surface area contributed by atoms with Crippen molar-refractivity contribution in [2.24, 2.45) is 4.99 Å². The standard InChI is InChI=1S/C28H44N6O/c1-10-20(3)27(29-11-2)31-25-16-21(4)33(9)26-13-12-22(17-24(25)26)23-18-30-34(19-23)15-14-32(8)35-28(5,6)7/h10,12-13,17-19,21,25H,11,14-16H2,1-9H3,(H,29,31)/b20-10-/t21-,25+/m0/s1. The largest absolute Gasteiger partial charge is 0.372 e. The number of anilines is 1. The zero-order valence-corrected chi connectivity index (χ0v) is 23.1. The van der Waals surface area contributed by atoms with Crippen LogP contribution in [0.25, 0.3) is 11.1 Å². The van der Waals surface area contributed by atoms with Crippen LogP contribution in [0.15, 0.2) is 47.2 Å². The van der Waals surface area contributed by atoms with E-state index in [9.17, 15) is 0 Å². The Morgan fingerprint density at radius 2 is 2.06 bits per heavy atom. The highest BCUT2D eigenvalue weighted by atomic mass is 16.7. The fourth-order valence-electron chi connectivity index (χ4n) is 4.47. The fourth-order valence-corrected chi connectivity index (χ4v) is 4.47. The van der Waals surface area contributed by atoms with Crippen molar-refractivity contribution < 1.29 is 4.84 Å². The monoisotopic (exact) mass is 480 g/mol. The van der Waals surface area contributed by atoms with E-state index < -0.39 is 0 Å². The molecular weight excluding hydrogens is 436 g/mol. The van der Waals surface area contributed by atoms with E-state index in [0.29, 0.717) is 6.04 Å². The Hall–Kier alpha value is -2.64. The Morgan fingerprint density at radius 3 is 2.71 bits per heavy atom. The van der Waals surface area contributed by atoms with Crippen molar-refractivity contribution in [3.8, 4) is 11.1 Å². The molecule has 1 aromatic heterocycles. The molecule has 3 rings (SSSR count). The SMILES string of the molecule is C/C=C(/C)C(=NCC)N[C@@H]1C[C@H](C)N(C)c2ccc(-c3cnn(CCN(C)OC(C)(C)C)c3)cc21. The van der Waals surface area contributed by atoms with Gasteiger partial charge in [0.25, 0.3) is 0 Å². The van der Waals surface area contributed by atoms with Gasteiger partial charge in [0, 0.05) is 50.7 Å². The molecule has 2 heterocycles. The molecule has 0 bridgehead atoms. The first-order valence-corrected chi connectivity index (χ1v) is 12.8. The third kappa shape index (κ3) is 6.95. The molecule has 0 radical (unpaired) electrons. The van der Waals surface area contributed by atoms with E-state index in [1.165, 1.54) is 22.4 Å². The van der Waals surface area contributed by atoms with Crippen molar-refractivity contribution >= 4 is 11.5 Å². The number of likely N-dealkylation sites (N-methyl/N-ethyl adjacent to an activating group) is 1. The van der Waals surface area contributed by atoms with Crippen molar-refractivity contribution in [1.29, 1.82) is 0 Å². The number of hydrogen-bond donors (Lipinski definition) is 1. The molecule has 2 atom stereocenters.